The summed E-state index contributed by atoms with van der Waals surface area (Å²) in [6.45, 7) is 2.59. The normalized spacial score (nSPS) is 24.5. The Bertz CT molecular complexity index is 124. The first-order valence-corrected chi connectivity index (χ1v) is 3.63. The van der Waals surface area contributed by atoms with Crippen LogP contribution in [-0.2, 0) is 4.74 Å². The van der Waals surface area contributed by atoms with Gasteiger partial charge in [-0.25, -0.2) is 0 Å². The molecule has 0 aromatic heterocycles. The van der Waals surface area contributed by atoms with E-state index in [4.69, 9.17) is 10.00 Å². The monoisotopic (exact) mass is 140 g/mol. The van der Waals surface area contributed by atoms with Crippen LogP contribution >= 0.6 is 0 Å². The maximum Gasteiger partial charge on any atom is 0.0712 e. The molecule has 0 bridgehead atoms. The van der Waals surface area contributed by atoms with Crippen LogP contribution in [0, 0.1) is 11.3 Å². The second-order valence-electron chi connectivity index (χ2n) is 2.39. The van der Waals surface area contributed by atoms with E-state index in [0.717, 1.165) is 19.5 Å². The maximum absolute atomic E-state index is 8.19. The van der Waals surface area contributed by atoms with Crippen LogP contribution in [0.4, 0.5) is 0 Å². The SMILES string of the molecule is N#CCCOC1CCNC1. The zero-order valence-corrected chi connectivity index (χ0v) is 5.97. The van der Waals surface area contributed by atoms with Crippen molar-refractivity contribution in [2.75, 3.05) is 19.7 Å². The largest absolute Gasteiger partial charge is 0.376 e. The first-order valence-electron chi connectivity index (χ1n) is 3.63. The molecule has 1 aliphatic rings. The topological polar surface area (TPSA) is 45.0 Å². The van der Waals surface area contributed by atoms with Crippen molar-refractivity contribution in [3.63, 3.8) is 0 Å². The highest BCUT2D eigenvalue weighted by Gasteiger charge is 2.13. The van der Waals surface area contributed by atoms with Gasteiger partial charge in [0.2, 0.25) is 0 Å². The predicted molar refractivity (Wildman–Crippen MR) is 37.5 cm³/mol. The van der Waals surface area contributed by atoms with Crippen LogP contribution in [-0.4, -0.2) is 25.8 Å². The molecule has 10 heavy (non-hydrogen) atoms. The number of ether oxygens (including phenoxy) is 1. The molecule has 1 saturated heterocycles. The van der Waals surface area contributed by atoms with Crippen molar-refractivity contribution in [2.24, 2.45) is 0 Å². The Morgan fingerprint density at radius 1 is 1.70 bits per heavy atom. The summed E-state index contributed by atoms with van der Waals surface area (Å²) in [5.74, 6) is 0. The fourth-order valence-electron chi connectivity index (χ4n) is 1.04. The molecule has 1 fully saturated rings. The van der Waals surface area contributed by atoms with Crippen LogP contribution in [0.25, 0.3) is 0 Å². The van der Waals surface area contributed by atoms with Gasteiger partial charge in [-0.15, -0.1) is 0 Å². The molecule has 1 atom stereocenters. The summed E-state index contributed by atoms with van der Waals surface area (Å²) in [5, 5.41) is 11.4. The first kappa shape index (κ1) is 7.52. The number of nitrogens with one attached hydrogen (secondary N) is 1. The van der Waals surface area contributed by atoms with Crippen LogP contribution in [0.15, 0.2) is 0 Å². The lowest BCUT2D eigenvalue weighted by Gasteiger charge is -2.06. The molecule has 1 heterocycles. The summed E-state index contributed by atoms with van der Waals surface area (Å²) in [4.78, 5) is 0. The smallest absolute Gasteiger partial charge is 0.0712 e. The maximum atomic E-state index is 8.19. The number of nitrogens with zero attached hydrogens (tertiary/aromatic N) is 1. The molecular formula is C7H12N2O. The van der Waals surface area contributed by atoms with Crippen molar-refractivity contribution in [1.82, 2.24) is 5.32 Å². The molecule has 0 aromatic carbocycles. The van der Waals surface area contributed by atoms with Gasteiger partial charge in [0.25, 0.3) is 0 Å². The van der Waals surface area contributed by atoms with E-state index in [9.17, 15) is 0 Å². The second kappa shape index (κ2) is 4.26. The molecule has 1 aliphatic heterocycles. The van der Waals surface area contributed by atoms with E-state index < -0.39 is 0 Å². The van der Waals surface area contributed by atoms with Crippen molar-refractivity contribution < 1.29 is 4.74 Å². The minimum atomic E-state index is 0.355. The highest BCUT2D eigenvalue weighted by Crippen LogP contribution is 2.02. The van der Waals surface area contributed by atoms with Gasteiger partial charge in [0.15, 0.2) is 0 Å². The van der Waals surface area contributed by atoms with E-state index in [1.165, 1.54) is 0 Å². The van der Waals surface area contributed by atoms with Crippen LogP contribution < -0.4 is 5.32 Å². The van der Waals surface area contributed by atoms with Crippen LogP contribution in [0.2, 0.25) is 0 Å². The van der Waals surface area contributed by atoms with Gasteiger partial charge >= 0.3 is 0 Å². The second-order valence-corrected chi connectivity index (χ2v) is 2.39. The minimum Gasteiger partial charge on any atom is -0.376 e. The Hall–Kier alpha value is -0.590. The van der Waals surface area contributed by atoms with Crippen LogP contribution in [0.1, 0.15) is 12.8 Å². The lowest BCUT2D eigenvalue weighted by molar-refractivity contribution is 0.0713. The highest BCUT2D eigenvalue weighted by atomic mass is 16.5. The molecule has 0 spiro atoms. The van der Waals surface area contributed by atoms with Gasteiger partial charge in [-0.2, -0.15) is 5.26 Å². The van der Waals surface area contributed by atoms with Gasteiger partial charge in [-0.3, -0.25) is 0 Å². The molecule has 0 saturated carbocycles. The standard InChI is InChI=1S/C7H12N2O/c8-3-1-5-10-7-2-4-9-6-7/h7,9H,1-2,4-6H2. The van der Waals surface area contributed by atoms with Gasteiger partial charge in [0.05, 0.1) is 25.2 Å². The summed E-state index contributed by atoms with van der Waals surface area (Å²) in [6, 6.07) is 2.05. The van der Waals surface area contributed by atoms with E-state index in [-0.39, 0.29) is 0 Å². The number of nitriles is 1. The lowest BCUT2D eigenvalue weighted by Crippen LogP contribution is -2.16. The molecule has 56 valence electrons. The third kappa shape index (κ3) is 2.34. The average molecular weight is 140 g/mol. The Labute approximate surface area is 61.0 Å². The minimum absolute atomic E-state index is 0.355. The zero-order chi connectivity index (χ0) is 7.23. The van der Waals surface area contributed by atoms with Gasteiger partial charge in [-0.05, 0) is 13.0 Å². The quantitative estimate of drug-likeness (QED) is 0.573. The van der Waals surface area contributed by atoms with E-state index in [1.54, 1.807) is 0 Å². The first-order chi connectivity index (χ1) is 4.93. The van der Waals surface area contributed by atoms with Crippen molar-refractivity contribution in [2.45, 2.75) is 18.9 Å². The Morgan fingerprint density at radius 3 is 3.20 bits per heavy atom. The fraction of sp³-hybridized carbons (Fsp3) is 0.857. The van der Waals surface area contributed by atoms with E-state index in [2.05, 4.69) is 5.32 Å². The summed E-state index contributed by atoms with van der Waals surface area (Å²) in [5.41, 5.74) is 0. The molecule has 0 amide bonds. The number of hydrogen-bond donors (Lipinski definition) is 1. The van der Waals surface area contributed by atoms with E-state index in [0.29, 0.717) is 19.1 Å². The predicted octanol–water partition coefficient (Wildman–Crippen LogP) is 0.279. The Morgan fingerprint density at radius 2 is 2.60 bits per heavy atom. The Balaban J connectivity index is 1.97. The van der Waals surface area contributed by atoms with Gasteiger partial charge in [-0.1, -0.05) is 0 Å². The molecule has 3 nitrogen and oxygen atoms in total. The van der Waals surface area contributed by atoms with Gasteiger partial charge in [0, 0.05) is 6.54 Å². The Kier molecular flexibility index (Phi) is 3.20. The molecule has 1 N–H and O–H groups in total. The number of rotatable bonds is 3. The van der Waals surface area contributed by atoms with Crippen LogP contribution in [0.3, 0.4) is 0 Å². The van der Waals surface area contributed by atoms with Crippen molar-refractivity contribution in [1.29, 1.82) is 5.26 Å². The summed E-state index contributed by atoms with van der Waals surface area (Å²) < 4.78 is 5.36. The summed E-state index contributed by atoms with van der Waals surface area (Å²) in [6.07, 6.45) is 1.95. The third-order valence-corrected chi connectivity index (χ3v) is 1.58. The van der Waals surface area contributed by atoms with Crippen LogP contribution in [0.5, 0.6) is 0 Å². The lowest BCUT2D eigenvalue weighted by atomic mass is 10.3. The van der Waals surface area contributed by atoms with Gasteiger partial charge < -0.3 is 10.1 Å². The van der Waals surface area contributed by atoms with Crippen molar-refractivity contribution in [3.8, 4) is 6.07 Å². The van der Waals surface area contributed by atoms with E-state index >= 15 is 0 Å². The molecule has 3 heteroatoms. The molecule has 0 aliphatic carbocycles. The van der Waals surface area contributed by atoms with Gasteiger partial charge in [0.1, 0.15) is 0 Å². The highest BCUT2D eigenvalue weighted by molar-refractivity contribution is 4.73. The van der Waals surface area contributed by atoms with Crippen molar-refractivity contribution in [3.05, 3.63) is 0 Å². The average Bonchev–Trinajstić information content (AvgIpc) is 2.41. The molecular weight excluding hydrogens is 128 g/mol. The molecule has 1 unspecified atom stereocenters. The fourth-order valence-corrected chi connectivity index (χ4v) is 1.04. The zero-order valence-electron chi connectivity index (χ0n) is 5.97. The number of hydrogen-bond acceptors (Lipinski definition) is 3. The summed E-state index contributed by atoms with van der Waals surface area (Å²) in [7, 11) is 0. The summed E-state index contributed by atoms with van der Waals surface area (Å²) >= 11 is 0. The molecule has 0 aromatic rings. The molecule has 1 rings (SSSR count). The van der Waals surface area contributed by atoms with E-state index in [1.807, 2.05) is 6.07 Å². The van der Waals surface area contributed by atoms with Crippen molar-refractivity contribution >= 4 is 0 Å². The third-order valence-electron chi connectivity index (χ3n) is 1.58. The molecule has 0 radical (unpaired) electrons.